The molecule has 0 unspecified atom stereocenters. The van der Waals surface area contributed by atoms with E-state index in [1.54, 1.807) is 0 Å². The smallest absolute Gasteiger partial charge is 0.228 e. The molecule has 6 heteroatoms. The van der Waals surface area contributed by atoms with Gasteiger partial charge >= 0.3 is 0 Å². The molecule has 1 aromatic rings. The molecule has 0 aliphatic carbocycles. The maximum atomic E-state index is 12.7. The van der Waals surface area contributed by atoms with Crippen molar-refractivity contribution in [1.82, 2.24) is 5.32 Å². The Morgan fingerprint density at radius 2 is 2.11 bits per heavy atom. The zero-order chi connectivity index (χ0) is 13.1. The Hall–Kier alpha value is -1.69. The molecule has 0 saturated heterocycles. The SMILES string of the molecule is C[C@@H]1CC(=O)NC(SC(=O)c2ccc(F)cc2)=N1. The second kappa shape index (κ2) is 5.30. The molecule has 1 aliphatic rings. The summed E-state index contributed by atoms with van der Waals surface area (Å²) in [4.78, 5) is 27.3. The lowest BCUT2D eigenvalue weighted by atomic mass is 10.2. The molecule has 0 bridgehead atoms. The summed E-state index contributed by atoms with van der Waals surface area (Å²) in [7, 11) is 0. The van der Waals surface area contributed by atoms with Crippen LogP contribution in [0.3, 0.4) is 0 Å². The highest BCUT2D eigenvalue weighted by atomic mass is 32.2. The van der Waals surface area contributed by atoms with E-state index >= 15 is 0 Å². The number of hydrogen-bond acceptors (Lipinski definition) is 4. The molecule has 0 radical (unpaired) electrons. The first-order chi connectivity index (χ1) is 8.54. The summed E-state index contributed by atoms with van der Waals surface area (Å²) in [6.45, 7) is 1.81. The van der Waals surface area contributed by atoms with Crippen LogP contribution < -0.4 is 5.32 Å². The van der Waals surface area contributed by atoms with Gasteiger partial charge in [0.05, 0.1) is 6.04 Å². The lowest BCUT2D eigenvalue weighted by Crippen LogP contribution is -2.36. The van der Waals surface area contributed by atoms with Gasteiger partial charge in [0.15, 0.2) is 5.17 Å². The molecule has 4 nitrogen and oxygen atoms in total. The first-order valence-corrected chi connectivity index (χ1v) is 6.21. The first kappa shape index (κ1) is 12.8. The molecule has 1 aromatic carbocycles. The minimum Gasteiger partial charge on any atom is -0.305 e. The molecule has 1 aliphatic heterocycles. The average Bonchev–Trinajstić information content (AvgIpc) is 2.28. The lowest BCUT2D eigenvalue weighted by molar-refractivity contribution is -0.120. The van der Waals surface area contributed by atoms with Crippen LogP contribution in [0, 0.1) is 5.82 Å². The molecule has 0 aromatic heterocycles. The fourth-order valence-electron chi connectivity index (χ4n) is 1.50. The van der Waals surface area contributed by atoms with Gasteiger partial charge in [0.1, 0.15) is 5.82 Å². The van der Waals surface area contributed by atoms with Gasteiger partial charge in [-0.25, -0.2) is 4.39 Å². The van der Waals surface area contributed by atoms with Crippen molar-refractivity contribution in [1.29, 1.82) is 0 Å². The highest BCUT2D eigenvalue weighted by Gasteiger charge is 2.20. The number of hydrogen-bond donors (Lipinski definition) is 1. The minimum absolute atomic E-state index is 0.123. The van der Waals surface area contributed by atoms with Crippen molar-refractivity contribution < 1.29 is 14.0 Å². The topological polar surface area (TPSA) is 58.5 Å². The summed E-state index contributed by atoms with van der Waals surface area (Å²) >= 11 is 0.844. The van der Waals surface area contributed by atoms with E-state index in [0.717, 1.165) is 11.8 Å². The summed E-state index contributed by atoms with van der Waals surface area (Å²) in [5.41, 5.74) is 0.372. The van der Waals surface area contributed by atoms with Crippen molar-refractivity contribution in [2.24, 2.45) is 4.99 Å². The van der Waals surface area contributed by atoms with Crippen LogP contribution in [-0.4, -0.2) is 22.2 Å². The summed E-state index contributed by atoms with van der Waals surface area (Å²) < 4.78 is 12.7. The van der Waals surface area contributed by atoms with Crippen LogP contribution in [0.15, 0.2) is 29.3 Å². The van der Waals surface area contributed by atoms with E-state index < -0.39 is 5.82 Å². The largest absolute Gasteiger partial charge is 0.305 e. The van der Waals surface area contributed by atoms with Crippen LogP contribution in [0.25, 0.3) is 0 Å². The van der Waals surface area contributed by atoms with Crippen LogP contribution in [-0.2, 0) is 4.79 Å². The van der Waals surface area contributed by atoms with Gasteiger partial charge in [-0.05, 0) is 43.0 Å². The molecule has 1 atom stereocenters. The second-order valence-electron chi connectivity index (χ2n) is 3.93. The van der Waals surface area contributed by atoms with Gasteiger partial charge in [-0.15, -0.1) is 0 Å². The van der Waals surface area contributed by atoms with Crippen molar-refractivity contribution in [2.45, 2.75) is 19.4 Å². The van der Waals surface area contributed by atoms with E-state index in [0.29, 0.717) is 17.2 Å². The Kier molecular flexibility index (Phi) is 3.76. The van der Waals surface area contributed by atoms with Crippen molar-refractivity contribution >= 4 is 28.0 Å². The van der Waals surface area contributed by atoms with E-state index in [9.17, 15) is 14.0 Å². The van der Waals surface area contributed by atoms with Crippen LogP contribution in [0.2, 0.25) is 0 Å². The third-order valence-electron chi connectivity index (χ3n) is 2.33. The van der Waals surface area contributed by atoms with Crippen molar-refractivity contribution in [3.8, 4) is 0 Å². The Morgan fingerprint density at radius 3 is 2.72 bits per heavy atom. The third-order valence-corrected chi connectivity index (χ3v) is 3.16. The summed E-state index contributed by atoms with van der Waals surface area (Å²) in [6.07, 6.45) is 0.328. The normalized spacial score (nSPS) is 19.1. The van der Waals surface area contributed by atoms with E-state index in [1.165, 1.54) is 24.3 Å². The van der Waals surface area contributed by atoms with Gasteiger partial charge in [0.25, 0.3) is 0 Å². The number of thioether (sulfide) groups is 1. The van der Waals surface area contributed by atoms with E-state index in [2.05, 4.69) is 10.3 Å². The fraction of sp³-hybridized carbons (Fsp3) is 0.250. The molecule has 0 saturated carbocycles. The number of amidine groups is 1. The number of carbonyl (C=O) groups is 2. The predicted molar refractivity (Wildman–Crippen MR) is 68.0 cm³/mol. The molecule has 2 rings (SSSR count). The van der Waals surface area contributed by atoms with Crippen LogP contribution in [0.1, 0.15) is 23.7 Å². The van der Waals surface area contributed by atoms with Crippen LogP contribution in [0.5, 0.6) is 0 Å². The molecular weight excluding hydrogens is 255 g/mol. The molecule has 1 N–H and O–H groups in total. The van der Waals surface area contributed by atoms with Gasteiger partial charge < -0.3 is 5.32 Å². The maximum absolute atomic E-state index is 12.7. The third kappa shape index (κ3) is 3.16. The molecular formula is C12H11FN2O2S. The molecule has 1 amide bonds. The highest BCUT2D eigenvalue weighted by Crippen LogP contribution is 2.17. The Bertz CT molecular complexity index is 513. The van der Waals surface area contributed by atoms with Crippen LogP contribution in [0.4, 0.5) is 4.39 Å². The van der Waals surface area contributed by atoms with Crippen molar-refractivity contribution in [2.75, 3.05) is 0 Å². The number of benzene rings is 1. The van der Waals surface area contributed by atoms with Gasteiger partial charge in [-0.1, -0.05) is 0 Å². The molecule has 0 spiro atoms. The van der Waals surface area contributed by atoms with E-state index in [-0.39, 0.29) is 17.1 Å². The number of rotatable bonds is 1. The first-order valence-electron chi connectivity index (χ1n) is 5.40. The Morgan fingerprint density at radius 1 is 1.44 bits per heavy atom. The summed E-state index contributed by atoms with van der Waals surface area (Å²) in [5, 5.41) is 2.56. The zero-order valence-corrected chi connectivity index (χ0v) is 10.5. The maximum Gasteiger partial charge on any atom is 0.228 e. The zero-order valence-electron chi connectivity index (χ0n) is 9.64. The second-order valence-corrected chi connectivity index (χ2v) is 4.89. The predicted octanol–water partition coefficient (Wildman–Crippen LogP) is 1.96. The van der Waals surface area contributed by atoms with Gasteiger partial charge in [-0.2, -0.15) is 0 Å². The summed E-state index contributed by atoms with van der Waals surface area (Å²) in [6, 6.07) is 5.12. The van der Waals surface area contributed by atoms with Crippen molar-refractivity contribution in [3.63, 3.8) is 0 Å². The molecule has 18 heavy (non-hydrogen) atoms. The lowest BCUT2D eigenvalue weighted by Gasteiger charge is -2.16. The number of nitrogens with one attached hydrogen (secondary N) is 1. The Labute approximate surface area is 108 Å². The number of halogens is 1. The average molecular weight is 266 g/mol. The van der Waals surface area contributed by atoms with Gasteiger partial charge in [-0.3, -0.25) is 14.6 Å². The highest BCUT2D eigenvalue weighted by molar-refractivity contribution is 8.26. The van der Waals surface area contributed by atoms with Gasteiger partial charge in [0, 0.05) is 12.0 Å². The molecule has 0 fully saturated rings. The number of carbonyl (C=O) groups excluding carboxylic acids is 2. The van der Waals surface area contributed by atoms with Crippen molar-refractivity contribution in [3.05, 3.63) is 35.6 Å². The van der Waals surface area contributed by atoms with Crippen LogP contribution >= 0.6 is 11.8 Å². The number of nitrogens with zero attached hydrogens (tertiary/aromatic N) is 1. The standard InChI is InChI=1S/C12H11FN2O2S/c1-7-6-10(16)15-12(14-7)18-11(17)8-2-4-9(13)5-3-8/h2-5,7H,6H2,1H3,(H,14,15,16)/t7-/m1/s1. The Balaban J connectivity index is 2.07. The summed E-state index contributed by atoms with van der Waals surface area (Å²) in [5.74, 6) is -0.541. The number of aliphatic imine (C=N–C) groups is 1. The van der Waals surface area contributed by atoms with E-state index in [1.807, 2.05) is 6.92 Å². The van der Waals surface area contributed by atoms with E-state index in [4.69, 9.17) is 0 Å². The van der Waals surface area contributed by atoms with Gasteiger partial charge in [0.2, 0.25) is 11.0 Å². The fourth-order valence-corrected chi connectivity index (χ4v) is 2.33. The molecule has 1 heterocycles. The minimum atomic E-state index is -0.395. The number of amides is 1. The quantitative estimate of drug-likeness (QED) is 0.845. The molecule has 94 valence electrons. The monoisotopic (exact) mass is 266 g/mol.